The molecule has 1 atom stereocenters. The average Bonchev–Trinajstić information content (AvgIpc) is 2.48. The molecule has 20 heavy (non-hydrogen) atoms. The van der Waals surface area contributed by atoms with Gasteiger partial charge >= 0.3 is 5.92 Å². The minimum absolute atomic E-state index is 0.0501. The third kappa shape index (κ3) is 3.62. The highest BCUT2D eigenvalue weighted by atomic mass is 127. The van der Waals surface area contributed by atoms with Gasteiger partial charge in [-0.1, -0.05) is 83.3 Å². The monoisotopic (exact) mass is 386 g/mol. The molecular formula is C16H13F2IO. The topological polar surface area (TPSA) is 17.1 Å². The van der Waals surface area contributed by atoms with E-state index in [0.29, 0.717) is 0 Å². The van der Waals surface area contributed by atoms with Crippen molar-refractivity contribution in [2.75, 3.05) is 0 Å². The van der Waals surface area contributed by atoms with Gasteiger partial charge in [-0.15, -0.1) is 0 Å². The van der Waals surface area contributed by atoms with E-state index in [1.807, 2.05) is 28.7 Å². The summed E-state index contributed by atoms with van der Waals surface area (Å²) >= 11 is 1.95. The van der Waals surface area contributed by atoms with Crippen molar-refractivity contribution in [1.82, 2.24) is 0 Å². The van der Waals surface area contributed by atoms with Gasteiger partial charge in [-0.3, -0.25) is 4.79 Å². The van der Waals surface area contributed by atoms with Gasteiger partial charge in [0.2, 0.25) is 5.78 Å². The summed E-state index contributed by atoms with van der Waals surface area (Å²) in [6, 6.07) is 16.7. The molecule has 0 N–H and O–H groups in total. The predicted octanol–water partition coefficient (Wildman–Crippen LogP) is 5.07. The van der Waals surface area contributed by atoms with Gasteiger partial charge in [0.1, 0.15) is 0 Å². The Balaban J connectivity index is 2.13. The molecule has 0 fully saturated rings. The normalized spacial score (nSPS) is 12.9. The smallest absolute Gasteiger partial charge is 0.287 e. The van der Waals surface area contributed by atoms with Crippen LogP contribution in [0.5, 0.6) is 0 Å². The first kappa shape index (κ1) is 15.1. The Labute approximate surface area is 130 Å². The fourth-order valence-electron chi connectivity index (χ4n) is 1.90. The summed E-state index contributed by atoms with van der Waals surface area (Å²) in [6.45, 7) is 0. The lowest BCUT2D eigenvalue weighted by Crippen LogP contribution is -2.29. The molecule has 0 bridgehead atoms. The number of rotatable bonds is 5. The minimum Gasteiger partial charge on any atom is -0.287 e. The zero-order valence-electron chi connectivity index (χ0n) is 10.6. The molecule has 2 aromatic rings. The van der Waals surface area contributed by atoms with Crippen LogP contribution < -0.4 is 0 Å². The highest BCUT2D eigenvalue weighted by Gasteiger charge is 2.41. The van der Waals surface area contributed by atoms with Crippen molar-refractivity contribution in [3.8, 4) is 0 Å². The van der Waals surface area contributed by atoms with E-state index in [1.165, 1.54) is 12.1 Å². The lowest BCUT2D eigenvalue weighted by atomic mass is 9.99. The van der Waals surface area contributed by atoms with Crippen molar-refractivity contribution in [2.45, 2.75) is 16.3 Å². The van der Waals surface area contributed by atoms with Gasteiger partial charge in [-0.25, -0.2) is 0 Å². The zero-order valence-corrected chi connectivity index (χ0v) is 12.8. The molecule has 2 rings (SSSR count). The van der Waals surface area contributed by atoms with Crippen LogP contribution in [0.3, 0.4) is 0 Å². The molecule has 2 aromatic carbocycles. The van der Waals surface area contributed by atoms with Crippen molar-refractivity contribution in [2.24, 2.45) is 0 Å². The molecule has 0 aliphatic carbocycles. The second kappa shape index (κ2) is 6.43. The highest BCUT2D eigenvalue weighted by Crippen LogP contribution is 2.36. The van der Waals surface area contributed by atoms with Gasteiger partial charge in [-0.2, -0.15) is 8.78 Å². The van der Waals surface area contributed by atoms with E-state index in [0.717, 1.165) is 5.56 Å². The Kier molecular flexibility index (Phi) is 4.86. The zero-order chi connectivity index (χ0) is 14.6. The van der Waals surface area contributed by atoms with E-state index in [1.54, 1.807) is 42.5 Å². The molecule has 0 aromatic heterocycles. The van der Waals surface area contributed by atoms with E-state index in [4.69, 9.17) is 0 Å². The van der Waals surface area contributed by atoms with Crippen molar-refractivity contribution in [3.63, 3.8) is 0 Å². The predicted molar refractivity (Wildman–Crippen MR) is 83.5 cm³/mol. The molecule has 0 spiro atoms. The largest absolute Gasteiger partial charge is 0.311 e. The number of halogens is 3. The Bertz CT molecular complexity index is 570. The first-order chi connectivity index (χ1) is 9.50. The van der Waals surface area contributed by atoms with Gasteiger partial charge in [0, 0.05) is 15.9 Å². The molecule has 0 aliphatic rings. The van der Waals surface area contributed by atoms with Crippen LogP contribution in [0, 0.1) is 0 Å². The van der Waals surface area contributed by atoms with Crippen LogP contribution in [0.2, 0.25) is 0 Å². The molecule has 0 aliphatic heterocycles. The first-order valence-electron chi connectivity index (χ1n) is 6.17. The van der Waals surface area contributed by atoms with Crippen LogP contribution in [0.15, 0.2) is 60.7 Å². The Morgan fingerprint density at radius 2 is 1.50 bits per heavy atom. The molecule has 104 valence electrons. The van der Waals surface area contributed by atoms with Gasteiger partial charge in [-0.05, 0) is 5.56 Å². The van der Waals surface area contributed by atoms with Gasteiger partial charge in [0.05, 0.1) is 0 Å². The third-order valence-electron chi connectivity index (χ3n) is 2.97. The van der Waals surface area contributed by atoms with Gasteiger partial charge in [0.25, 0.3) is 0 Å². The van der Waals surface area contributed by atoms with Crippen LogP contribution >= 0.6 is 22.6 Å². The number of carbonyl (C=O) groups excluding carboxylic acids is 1. The molecule has 0 amide bonds. The number of hydrogen-bond acceptors (Lipinski definition) is 1. The lowest BCUT2D eigenvalue weighted by molar-refractivity contribution is 0.00540. The van der Waals surface area contributed by atoms with Crippen LogP contribution in [-0.4, -0.2) is 11.7 Å². The van der Waals surface area contributed by atoms with Crippen molar-refractivity contribution >= 4 is 28.4 Å². The Morgan fingerprint density at radius 1 is 1.00 bits per heavy atom. The van der Waals surface area contributed by atoms with Crippen LogP contribution in [0.4, 0.5) is 8.78 Å². The summed E-state index contributed by atoms with van der Waals surface area (Å²) in [6.07, 6.45) is -0.495. The van der Waals surface area contributed by atoms with Crippen molar-refractivity contribution < 1.29 is 13.6 Å². The fraction of sp³-hybridized carbons (Fsp3) is 0.188. The van der Waals surface area contributed by atoms with Crippen LogP contribution in [-0.2, 0) is 0 Å². The molecule has 0 radical (unpaired) electrons. The van der Waals surface area contributed by atoms with Gasteiger partial charge < -0.3 is 0 Å². The maximum Gasteiger partial charge on any atom is 0.311 e. The van der Waals surface area contributed by atoms with E-state index in [9.17, 15) is 13.6 Å². The summed E-state index contributed by atoms with van der Waals surface area (Å²) in [7, 11) is 0. The number of carbonyl (C=O) groups is 1. The summed E-state index contributed by atoms with van der Waals surface area (Å²) in [4.78, 5) is 11.9. The second-order valence-electron chi connectivity index (χ2n) is 4.48. The number of benzene rings is 2. The number of alkyl halides is 3. The maximum absolute atomic E-state index is 14.1. The molecule has 0 saturated carbocycles. The molecule has 1 unspecified atom stereocenters. The average molecular weight is 386 g/mol. The Hall–Kier alpha value is -1.30. The molecule has 4 heteroatoms. The molecule has 1 nitrogen and oxygen atoms in total. The fourth-order valence-corrected chi connectivity index (χ4v) is 2.87. The van der Waals surface area contributed by atoms with Crippen molar-refractivity contribution in [1.29, 1.82) is 0 Å². The number of hydrogen-bond donors (Lipinski definition) is 0. The van der Waals surface area contributed by atoms with E-state index in [-0.39, 0.29) is 5.56 Å². The van der Waals surface area contributed by atoms with Crippen molar-refractivity contribution in [3.05, 3.63) is 71.8 Å². The maximum atomic E-state index is 14.1. The molecular weight excluding hydrogens is 373 g/mol. The number of Topliss-reactive ketones (excluding diaryl/α,β-unsaturated/α-hetero) is 1. The van der Waals surface area contributed by atoms with E-state index in [2.05, 4.69) is 0 Å². The standard InChI is InChI=1S/C16H13F2IO/c17-16(18,15(20)13-9-5-2-6-10-13)11-14(19)12-7-3-1-4-8-12/h1-10,14H,11H2. The quantitative estimate of drug-likeness (QED) is 0.398. The second-order valence-corrected chi connectivity index (χ2v) is 5.99. The highest BCUT2D eigenvalue weighted by molar-refractivity contribution is 14.1. The number of ketones is 1. The Morgan fingerprint density at radius 3 is 2.05 bits per heavy atom. The molecule has 0 saturated heterocycles. The molecule has 0 heterocycles. The lowest BCUT2D eigenvalue weighted by Gasteiger charge is -2.19. The summed E-state index contributed by atoms with van der Waals surface area (Å²) in [5.41, 5.74) is 0.850. The SMILES string of the molecule is O=C(c1ccccc1)C(F)(F)CC(I)c1ccccc1. The van der Waals surface area contributed by atoms with E-state index < -0.39 is 22.1 Å². The van der Waals surface area contributed by atoms with Crippen LogP contribution in [0.25, 0.3) is 0 Å². The van der Waals surface area contributed by atoms with Gasteiger partial charge in [0.15, 0.2) is 0 Å². The summed E-state index contributed by atoms with van der Waals surface area (Å²) in [5, 5.41) is 0. The minimum atomic E-state index is -3.36. The summed E-state index contributed by atoms with van der Waals surface area (Å²) in [5.74, 6) is -4.47. The van der Waals surface area contributed by atoms with Crippen LogP contribution in [0.1, 0.15) is 26.3 Å². The first-order valence-corrected chi connectivity index (χ1v) is 7.42. The summed E-state index contributed by atoms with van der Waals surface area (Å²) < 4.78 is 27.8. The van der Waals surface area contributed by atoms with E-state index >= 15 is 0 Å². The third-order valence-corrected chi connectivity index (χ3v) is 4.12.